The topological polar surface area (TPSA) is 101 Å². The molecule has 2 aromatic rings. The molecule has 2 N–H and O–H groups in total. The molecule has 0 aliphatic rings. The fourth-order valence-corrected chi connectivity index (χ4v) is 3.81. The maximum Gasteiger partial charge on any atom is 0.283 e. The van der Waals surface area contributed by atoms with Crippen LogP contribution in [-0.4, -0.2) is 25.0 Å². The van der Waals surface area contributed by atoms with Gasteiger partial charge in [-0.3, -0.25) is 9.52 Å². The van der Waals surface area contributed by atoms with E-state index in [0.717, 1.165) is 23.5 Å². The molecule has 0 bridgehead atoms. The quantitative estimate of drug-likeness (QED) is 0.606. The van der Waals surface area contributed by atoms with Crippen LogP contribution in [0, 0.1) is 6.92 Å². The van der Waals surface area contributed by atoms with Crippen molar-refractivity contribution in [2.75, 3.05) is 4.72 Å². The molecular formula is C15H18N4O3S2. The van der Waals surface area contributed by atoms with Crippen molar-refractivity contribution in [3.63, 3.8) is 0 Å². The Labute approximate surface area is 144 Å². The fraction of sp³-hybridized carbons (Fsp3) is 0.267. The van der Waals surface area contributed by atoms with Crippen LogP contribution in [0.1, 0.15) is 35.6 Å². The molecule has 0 aliphatic heterocycles. The Morgan fingerprint density at radius 3 is 2.58 bits per heavy atom. The number of anilines is 1. The number of carbonyl (C=O) groups is 1. The zero-order chi connectivity index (χ0) is 17.7. The van der Waals surface area contributed by atoms with E-state index in [-0.39, 0.29) is 10.0 Å². The third-order valence-electron chi connectivity index (χ3n) is 3.14. The SMILES string of the molecule is CC/C(C)=N\NC(=O)c1sc(NS(=O)(=O)c2ccccc2)nc1C. The molecule has 9 heteroatoms. The Morgan fingerprint density at radius 2 is 1.96 bits per heavy atom. The molecule has 1 aromatic carbocycles. The number of hydrogen-bond acceptors (Lipinski definition) is 6. The summed E-state index contributed by atoms with van der Waals surface area (Å²) in [5.74, 6) is -0.414. The molecule has 0 aliphatic carbocycles. The summed E-state index contributed by atoms with van der Waals surface area (Å²) in [5.41, 5.74) is 3.67. The number of hydrazone groups is 1. The van der Waals surface area contributed by atoms with Gasteiger partial charge in [-0.1, -0.05) is 36.5 Å². The number of amides is 1. The lowest BCUT2D eigenvalue weighted by Gasteiger charge is -2.04. The fourth-order valence-electron chi connectivity index (χ4n) is 1.70. The van der Waals surface area contributed by atoms with Crippen molar-refractivity contribution in [2.45, 2.75) is 32.1 Å². The van der Waals surface area contributed by atoms with Gasteiger partial charge in [0, 0.05) is 5.71 Å². The number of sulfonamides is 1. The van der Waals surface area contributed by atoms with Crippen molar-refractivity contribution in [1.29, 1.82) is 0 Å². The highest BCUT2D eigenvalue weighted by Crippen LogP contribution is 2.25. The average molecular weight is 366 g/mol. The summed E-state index contributed by atoms with van der Waals surface area (Å²) in [6, 6.07) is 7.97. The van der Waals surface area contributed by atoms with Crippen molar-refractivity contribution in [2.24, 2.45) is 5.10 Å². The number of aryl methyl sites for hydroxylation is 1. The minimum absolute atomic E-state index is 0.132. The highest BCUT2D eigenvalue weighted by atomic mass is 32.2. The number of carbonyl (C=O) groups excluding carboxylic acids is 1. The van der Waals surface area contributed by atoms with Crippen LogP contribution < -0.4 is 10.1 Å². The standard InChI is InChI=1S/C15H18N4O3S2/c1-4-10(2)17-18-14(20)13-11(3)16-15(23-13)19-24(21,22)12-8-6-5-7-9-12/h5-9H,4H2,1-3H3,(H,16,19)(H,18,20)/b17-10-. The molecule has 0 radical (unpaired) electrons. The van der Waals surface area contributed by atoms with Crippen LogP contribution >= 0.6 is 11.3 Å². The summed E-state index contributed by atoms with van der Waals surface area (Å²) in [6.07, 6.45) is 0.726. The Hall–Kier alpha value is -2.26. The maximum atomic E-state index is 12.3. The van der Waals surface area contributed by atoms with E-state index in [2.05, 4.69) is 20.2 Å². The van der Waals surface area contributed by atoms with Crippen LogP contribution in [0.15, 0.2) is 40.3 Å². The molecule has 2 rings (SSSR count). The minimum atomic E-state index is -3.73. The van der Waals surface area contributed by atoms with Gasteiger partial charge in [0.25, 0.3) is 15.9 Å². The highest BCUT2D eigenvalue weighted by Gasteiger charge is 2.20. The smallest absolute Gasteiger partial charge is 0.266 e. The van der Waals surface area contributed by atoms with Crippen LogP contribution in [-0.2, 0) is 10.0 Å². The zero-order valence-corrected chi connectivity index (χ0v) is 15.2. The molecule has 0 unspecified atom stereocenters. The van der Waals surface area contributed by atoms with E-state index in [1.165, 1.54) is 12.1 Å². The van der Waals surface area contributed by atoms with Crippen molar-refractivity contribution < 1.29 is 13.2 Å². The van der Waals surface area contributed by atoms with Gasteiger partial charge in [-0.05, 0) is 32.4 Å². The van der Waals surface area contributed by atoms with Crippen LogP contribution in [0.2, 0.25) is 0 Å². The van der Waals surface area contributed by atoms with Gasteiger partial charge in [0.15, 0.2) is 5.13 Å². The number of nitrogens with zero attached hydrogens (tertiary/aromatic N) is 2. The lowest BCUT2D eigenvalue weighted by atomic mass is 10.3. The summed E-state index contributed by atoms with van der Waals surface area (Å²) in [4.78, 5) is 16.7. The number of rotatable bonds is 6. The Bertz CT molecular complexity index is 858. The second kappa shape index (κ2) is 7.54. The van der Waals surface area contributed by atoms with Gasteiger partial charge >= 0.3 is 0 Å². The molecule has 128 valence electrons. The first-order chi connectivity index (χ1) is 11.3. The Kier molecular flexibility index (Phi) is 5.68. The van der Waals surface area contributed by atoms with Gasteiger partial charge in [0.2, 0.25) is 0 Å². The molecule has 0 spiro atoms. The van der Waals surface area contributed by atoms with Crippen molar-refractivity contribution in [1.82, 2.24) is 10.4 Å². The molecule has 24 heavy (non-hydrogen) atoms. The molecule has 1 amide bonds. The summed E-state index contributed by atoms with van der Waals surface area (Å²) < 4.78 is 26.9. The van der Waals surface area contributed by atoms with Crippen LogP contribution in [0.3, 0.4) is 0 Å². The summed E-state index contributed by atoms with van der Waals surface area (Å²) in [5, 5.41) is 4.09. The number of aromatic nitrogens is 1. The van der Waals surface area contributed by atoms with Gasteiger partial charge in [0.05, 0.1) is 10.6 Å². The molecule has 0 atom stereocenters. The number of benzene rings is 1. The second-order valence-corrected chi connectivity index (χ2v) is 7.68. The van der Waals surface area contributed by atoms with Gasteiger partial charge in [-0.25, -0.2) is 18.8 Å². The number of hydrogen-bond donors (Lipinski definition) is 2. The van der Waals surface area contributed by atoms with Crippen LogP contribution in [0.5, 0.6) is 0 Å². The predicted octanol–water partition coefficient (Wildman–Crippen LogP) is 2.77. The van der Waals surface area contributed by atoms with E-state index in [1.54, 1.807) is 32.0 Å². The molecule has 0 fully saturated rings. The molecule has 1 heterocycles. The Morgan fingerprint density at radius 1 is 1.29 bits per heavy atom. The average Bonchev–Trinajstić information content (AvgIpc) is 2.92. The molecule has 0 saturated heterocycles. The van der Waals surface area contributed by atoms with Gasteiger partial charge in [-0.2, -0.15) is 5.10 Å². The van der Waals surface area contributed by atoms with Crippen molar-refractivity contribution in [3.8, 4) is 0 Å². The molecule has 1 aromatic heterocycles. The zero-order valence-electron chi connectivity index (χ0n) is 13.5. The second-order valence-electron chi connectivity index (χ2n) is 4.99. The Balaban J connectivity index is 2.19. The van der Waals surface area contributed by atoms with Crippen LogP contribution in [0.25, 0.3) is 0 Å². The van der Waals surface area contributed by atoms with Gasteiger partial charge < -0.3 is 0 Å². The van der Waals surface area contributed by atoms with E-state index >= 15 is 0 Å². The van der Waals surface area contributed by atoms with E-state index in [1.807, 2.05) is 6.92 Å². The van der Waals surface area contributed by atoms with Gasteiger partial charge in [-0.15, -0.1) is 0 Å². The highest BCUT2D eigenvalue weighted by molar-refractivity contribution is 7.93. The van der Waals surface area contributed by atoms with E-state index in [0.29, 0.717) is 10.6 Å². The summed E-state index contributed by atoms with van der Waals surface area (Å²) >= 11 is 0.966. The van der Waals surface area contributed by atoms with Crippen LogP contribution in [0.4, 0.5) is 5.13 Å². The minimum Gasteiger partial charge on any atom is -0.266 e. The third-order valence-corrected chi connectivity index (χ3v) is 5.69. The van der Waals surface area contributed by atoms with E-state index in [9.17, 15) is 13.2 Å². The number of thiazole rings is 1. The van der Waals surface area contributed by atoms with Crippen molar-refractivity contribution in [3.05, 3.63) is 40.9 Å². The lowest BCUT2D eigenvalue weighted by molar-refractivity contribution is 0.0958. The predicted molar refractivity (Wildman–Crippen MR) is 95.0 cm³/mol. The first-order valence-corrected chi connectivity index (χ1v) is 9.52. The normalized spacial score (nSPS) is 12.0. The first kappa shape index (κ1) is 18.1. The van der Waals surface area contributed by atoms with Gasteiger partial charge in [0.1, 0.15) is 4.88 Å². The first-order valence-electron chi connectivity index (χ1n) is 7.22. The molecule has 7 nitrogen and oxygen atoms in total. The largest absolute Gasteiger partial charge is 0.283 e. The van der Waals surface area contributed by atoms with Crippen molar-refractivity contribution >= 4 is 38.1 Å². The molecular weight excluding hydrogens is 348 g/mol. The summed E-state index contributed by atoms with van der Waals surface area (Å²) in [6.45, 7) is 5.38. The maximum absolute atomic E-state index is 12.3. The van der Waals surface area contributed by atoms with E-state index in [4.69, 9.17) is 0 Å². The summed E-state index contributed by atoms with van der Waals surface area (Å²) in [7, 11) is -3.73. The monoisotopic (exact) mass is 366 g/mol. The van der Waals surface area contributed by atoms with E-state index < -0.39 is 15.9 Å². The molecule has 0 saturated carbocycles. The number of nitrogens with one attached hydrogen (secondary N) is 2. The lowest BCUT2D eigenvalue weighted by Crippen LogP contribution is -2.18. The third kappa shape index (κ3) is 4.39.